The van der Waals surface area contributed by atoms with E-state index in [0.29, 0.717) is 11.4 Å². The minimum Gasteiger partial charge on any atom is -0.397 e. The summed E-state index contributed by atoms with van der Waals surface area (Å²) in [5.74, 6) is 0.787. The van der Waals surface area contributed by atoms with Gasteiger partial charge in [-0.15, -0.1) is 0 Å². The molecule has 1 saturated carbocycles. The van der Waals surface area contributed by atoms with Crippen LogP contribution in [0.2, 0.25) is 0 Å². The minimum atomic E-state index is -0.0498. The van der Waals surface area contributed by atoms with Gasteiger partial charge < -0.3 is 16.0 Å². The number of aromatic amines is 1. The van der Waals surface area contributed by atoms with Crippen LogP contribution in [0, 0.1) is 5.92 Å². The van der Waals surface area contributed by atoms with Crippen LogP contribution in [0.1, 0.15) is 29.8 Å². The van der Waals surface area contributed by atoms with Crippen LogP contribution in [0.25, 0.3) is 10.9 Å². The first-order chi connectivity index (χ1) is 8.74. The Morgan fingerprint density at radius 3 is 3.00 bits per heavy atom. The van der Waals surface area contributed by atoms with Gasteiger partial charge in [0, 0.05) is 11.9 Å². The molecule has 1 amide bonds. The molecule has 1 aromatic heterocycles. The highest BCUT2D eigenvalue weighted by Crippen LogP contribution is 2.31. The molecular weight excluding hydrogens is 226 g/mol. The zero-order valence-electron chi connectivity index (χ0n) is 10.2. The number of aromatic nitrogens is 1. The molecule has 1 aliphatic carbocycles. The van der Waals surface area contributed by atoms with Crippen LogP contribution in [0.5, 0.6) is 0 Å². The van der Waals surface area contributed by atoms with E-state index in [9.17, 15) is 4.79 Å². The number of fused-ring (bicyclic) bond motifs is 1. The van der Waals surface area contributed by atoms with Gasteiger partial charge in [-0.3, -0.25) is 4.79 Å². The minimum absolute atomic E-state index is 0.0498. The molecule has 0 radical (unpaired) electrons. The number of amides is 1. The summed E-state index contributed by atoms with van der Waals surface area (Å²) in [7, 11) is 0. The first kappa shape index (κ1) is 11.1. The van der Waals surface area contributed by atoms with Crippen LogP contribution in [-0.4, -0.2) is 17.4 Å². The zero-order chi connectivity index (χ0) is 12.5. The Balaban J connectivity index is 1.72. The van der Waals surface area contributed by atoms with Gasteiger partial charge in [-0.2, -0.15) is 0 Å². The van der Waals surface area contributed by atoms with E-state index < -0.39 is 0 Å². The number of benzene rings is 1. The van der Waals surface area contributed by atoms with Crippen LogP contribution in [0.4, 0.5) is 5.69 Å². The predicted molar refractivity (Wildman–Crippen MR) is 72.4 cm³/mol. The molecule has 1 fully saturated rings. The van der Waals surface area contributed by atoms with Crippen LogP contribution in [-0.2, 0) is 0 Å². The van der Waals surface area contributed by atoms with E-state index in [1.165, 1.54) is 12.8 Å². The molecule has 0 unspecified atom stereocenters. The van der Waals surface area contributed by atoms with Crippen molar-refractivity contribution in [3.8, 4) is 0 Å². The summed E-state index contributed by atoms with van der Waals surface area (Å²) in [6.45, 7) is 0.758. The summed E-state index contributed by atoms with van der Waals surface area (Å²) in [6.07, 6.45) is 3.73. The van der Waals surface area contributed by atoms with Crippen LogP contribution >= 0.6 is 0 Å². The van der Waals surface area contributed by atoms with E-state index in [1.54, 1.807) is 0 Å². The molecule has 0 atom stereocenters. The Labute approximate surface area is 106 Å². The standard InChI is InChI=1S/C14H17N3O/c15-11-3-1-2-10-8-12(17-13(10)11)14(18)16-7-6-9-4-5-9/h1-3,8-9,17H,4-7,15H2,(H,16,18). The Kier molecular flexibility index (Phi) is 2.70. The largest absolute Gasteiger partial charge is 0.397 e. The van der Waals surface area contributed by atoms with E-state index in [4.69, 9.17) is 5.73 Å². The lowest BCUT2D eigenvalue weighted by Gasteiger charge is -2.02. The highest BCUT2D eigenvalue weighted by atomic mass is 16.1. The number of hydrogen-bond acceptors (Lipinski definition) is 2. The van der Waals surface area contributed by atoms with Gasteiger partial charge in [0.15, 0.2) is 0 Å². The third-order valence-corrected chi connectivity index (χ3v) is 3.47. The van der Waals surface area contributed by atoms with E-state index in [0.717, 1.165) is 29.8 Å². The third-order valence-electron chi connectivity index (χ3n) is 3.47. The molecule has 3 rings (SSSR count). The van der Waals surface area contributed by atoms with E-state index >= 15 is 0 Å². The van der Waals surface area contributed by atoms with Crippen molar-refractivity contribution >= 4 is 22.5 Å². The number of anilines is 1. The number of para-hydroxylation sites is 1. The van der Waals surface area contributed by atoms with Crippen molar-refractivity contribution in [2.24, 2.45) is 5.92 Å². The number of nitrogen functional groups attached to an aromatic ring is 1. The summed E-state index contributed by atoms with van der Waals surface area (Å²) in [4.78, 5) is 15.0. The molecule has 1 aromatic carbocycles. The number of nitrogens with two attached hydrogens (primary N) is 1. The highest BCUT2D eigenvalue weighted by Gasteiger charge is 2.20. The topological polar surface area (TPSA) is 70.9 Å². The lowest BCUT2D eigenvalue weighted by atomic mass is 10.2. The number of hydrogen-bond donors (Lipinski definition) is 3. The maximum absolute atomic E-state index is 11.9. The maximum atomic E-state index is 11.9. The van der Waals surface area contributed by atoms with Crippen molar-refractivity contribution in [1.29, 1.82) is 0 Å². The van der Waals surface area contributed by atoms with Crippen LogP contribution in [0.3, 0.4) is 0 Å². The van der Waals surface area contributed by atoms with Crippen molar-refractivity contribution in [3.05, 3.63) is 30.0 Å². The number of carbonyl (C=O) groups excluding carboxylic acids is 1. The molecule has 1 aliphatic rings. The second kappa shape index (κ2) is 4.37. The summed E-state index contributed by atoms with van der Waals surface area (Å²) in [6, 6.07) is 7.51. The average molecular weight is 243 g/mol. The van der Waals surface area contributed by atoms with Gasteiger partial charge in [0.2, 0.25) is 0 Å². The molecule has 1 heterocycles. The van der Waals surface area contributed by atoms with Gasteiger partial charge in [0.25, 0.3) is 5.91 Å². The molecule has 94 valence electrons. The van der Waals surface area contributed by atoms with Gasteiger partial charge in [-0.05, 0) is 24.5 Å². The molecule has 0 saturated heterocycles. The number of carbonyl (C=O) groups is 1. The fraction of sp³-hybridized carbons (Fsp3) is 0.357. The fourth-order valence-electron chi connectivity index (χ4n) is 2.19. The lowest BCUT2D eigenvalue weighted by molar-refractivity contribution is 0.0948. The predicted octanol–water partition coefficient (Wildman–Crippen LogP) is 2.28. The molecule has 18 heavy (non-hydrogen) atoms. The monoisotopic (exact) mass is 243 g/mol. The molecule has 0 bridgehead atoms. The van der Waals surface area contributed by atoms with Crippen molar-refractivity contribution in [3.63, 3.8) is 0 Å². The number of H-pyrrole nitrogens is 1. The second-order valence-corrected chi connectivity index (χ2v) is 4.98. The molecule has 4 N–H and O–H groups in total. The van der Waals surface area contributed by atoms with Crippen molar-refractivity contribution in [2.75, 3.05) is 12.3 Å². The molecular formula is C14H17N3O. The third kappa shape index (κ3) is 2.18. The maximum Gasteiger partial charge on any atom is 0.267 e. The number of nitrogens with one attached hydrogen (secondary N) is 2. The van der Waals surface area contributed by atoms with Crippen LogP contribution in [0.15, 0.2) is 24.3 Å². The smallest absolute Gasteiger partial charge is 0.267 e. The fourth-order valence-corrected chi connectivity index (χ4v) is 2.19. The summed E-state index contributed by atoms with van der Waals surface area (Å²) in [5.41, 5.74) is 7.95. The Bertz CT molecular complexity index is 584. The van der Waals surface area contributed by atoms with E-state index in [-0.39, 0.29) is 5.91 Å². The molecule has 4 heteroatoms. The van der Waals surface area contributed by atoms with E-state index in [1.807, 2.05) is 24.3 Å². The quantitative estimate of drug-likeness (QED) is 0.721. The average Bonchev–Trinajstić information content (AvgIpc) is 3.06. The van der Waals surface area contributed by atoms with Gasteiger partial charge in [0.05, 0.1) is 11.2 Å². The molecule has 4 nitrogen and oxygen atoms in total. The van der Waals surface area contributed by atoms with E-state index in [2.05, 4.69) is 10.3 Å². The van der Waals surface area contributed by atoms with Gasteiger partial charge >= 0.3 is 0 Å². The zero-order valence-corrected chi connectivity index (χ0v) is 10.2. The first-order valence-electron chi connectivity index (χ1n) is 6.39. The van der Waals surface area contributed by atoms with Crippen LogP contribution < -0.4 is 11.1 Å². The first-order valence-corrected chi connectivity index (χ1v) is 6.39. The van der Waals surface area contributed by atoms with Gasteiger partial charge in [0.1, 0.15) is 5.69 Å². The van der Waals surface area contributed by atoms with Gasteiger partial charge in [-0.25, -0.2) is 0 Å². The SMILES string of the molecule is Nc1cccc2cc(C(=O)NCCC3CC3)[nH]c12. The Morgan fingerprint density at radius 1 is 1.44 bits per heavy atom. The summed E-state index contributed by atoms with van der Waals surface area (Å²) < 4.78 is 0. The molecule has 2 aromatic rings. The second-order valence-electron chi connectivity index (χ2n) is 4.98. The molecule has 0 aliphatic heterocycles. The number of rotatable bonds is 4. The Hall–Kier alpha value is -1.97. The normalized spacial score (nSPS) is 14.9. The van der Waals surface area contributed by atoms with Crippen molar-refractivity contribution < 1.29 is 4.79 Å². The lowest BCUT2D eigenvalue weighted by Crippen LogP contribution is -2.24. The summed E-state index contributed by atoms with van der Waals surface area (Å²) >= 11 is 0. The molecule has 0 spiro atoms. The van der Waals surface area contributed by atoms with Gasteiger partial charge in [-0.1, -0.05) is 25.0 Å². The van der Waals surface area contributed by atoms with Crippen molar-refractivity contribution in [1.82, 2.24) is 10.3 Å². The Morgan fingerprint density at radius 2 is 2.28 bits per heavy atom. The highest BCUT2D eigenvalue weighted by molar-refractivity contribution is 6.00. The summed E-state index contributed by atoms with van der Waals surface area (Å²) in [5, 5.41) is 3.91. The van der Waals surface area contributed by atoms with Crippen molar-refractivity contribution in [2.45, 2.75) is 19.3 Å².